The normalized spacial score (nSPS) is 16.1. The molecule has 1 unspecified atom stereocenters. The summed E-state index contributed by atoms with van der Waals surface area (Å²) in [6.07, 6.45) is 2.70. The van der Waals surface area contributed by atoms with Crippen molar-refractivity contribution in [1.29, 1.82) is 0 Å². The SMILES string of the molecule is Cc1cc(C(=O)N2CCCC(C(=O)NCCNC(=O)OC(C)(C)C)C2)c(C)n1-c1ccccn1. The summed E-state index contributed by atoms with van der Waals surface area (Å²) in [5.41, 5.74) is 1.83. The lowest BCUT2D eigenvalue weighted by Gasteiger charge is -2.32. The van der Waals surface area contributed by atoms with Gasteiger partial charge in [-0.1, -0.05) is 6.07 Å². The van der Waals surface area contributed by atoms with E-state index in [4.69, 9.17) is 4.74 Å². The van der Waals surface area contributed by atoms with Crippen LogP contribution in [0.4, 0.5) is 4.79 Å². The van der Waals surface area contributed by atoms with Gasteiger partial charge in [0.1, 0.15) is 11.4 Å². The number of hydrogen-bond donors (Lipinski definition) is 2. The Kier molecular flexibility index (Phi) is 7.96. The first kappa shape index (κ1) is 25.3. The molecule has 0 bridgehead atoms. The Bertz CT molecular complexity index is 1030. The first-order chi connectivity index (χ1) is 16.1. The number of amides is 3. The average molecular weight is 470 g/mol. The molecule has 0 spiro atoms. The topological polar surface area (TPSA) is 106 Å². The number of pyridine rings is 1. The van der Waals surface area contributed by atoms with Crippen LogP contribution in [0.1, 0.15) is 55.4 Å². The molecule has 3 heterocycles. The fourth-order valence-electron chi connectivity index (χ4n) is 4.17. The zero-order chi connectivity index (χ0) is 24.9. The molecule has 3 rings (SSSR count). The number of carbonyl (C=O) groups is 3. The minimum atomic E-state index is -0.569. The molecule has 0 aliphatic carbocycles. The number of aromatic nitrogens is 2. The molecule has 9 heteroatoms. The van der Waals surface area contributed by atoms with Gasteiger partial charge in [-0.2, -0.15) is 0 Å². The number of likely N-dealkylation sites (tertiary alicyclic amines) is 1. The standard InChI is InChI=1S/C25H35N5O4/c1-17-15-20(18(2)30(17)21-10-6-7-11-26-21)23(32)29-14-8-9-19(16-29)22(31)27-12-13-28-24(33)34-25(3,4)5/h6-7,10-11,15,19H,8-9,12-14,16H2,1-5H3,(H,27,31)(H,28,33). The smallest absolute Gasteiger partial charge is 0.407 e. The van der Waals surface area contributed by atoms with E-state index in [1.807, 2.05) is 42.7 Å². The lowest BCUT2D eigenvalue weighted by molar-refractivity contribution is -0.126. The average Bonchev–Trinajstić information content (AvgIpc) is 3.09. The number of rotatable bonds is 6. The predicted octanol–water partition coefficient (Wildman–Crippen LogP) is 2.98. The van der Waals surface area contributed by atoms with Gasteiger partial charge in [0.2, 0.25) is 5.91 Å². The molecule has 34 heavy (non-hydrogen) atoms. The first-order valence-electron chi connectivity index (χ1n) is 11.7. The van der Waals surface area contributed by atoms with Crippen LogP contribution in [0.2, 0.25) is 0 Å². The van der Waals surface area contributed by atoms with Crippen molar-refractivity contribution in [3.05, 3.63) is 47.4 Å². The summed E-state index contributed by atoms with van der Waals surface area (Å²) in [6, 6.07) is 7.57. The van der Waals surface area contributed by atoms with Gasteiger partial charge in [-0.05, 0) is 65.7 Å². The molecular weight excluding hydrogens is 434 g/mol. The van der Waals surface area contributed by atoms with Crippen molar-refractivity contribution in [2.75, 3.05) is 26.2 Å². The maximum atomic E-state index is 13.3. The van der Waals surface area contributed by atoms with Gasteiger partial charge in [-0.15, -0.1) is 0 Å². The van der Waals surface area contributed by atoms with E-state index in [1.165, 1.54) is 0 Å². The Morgan fingerprint density at radius 2 is 1.88 bits per heavy atom. The number of nitrogens with one attached hydrogen (secondary N) is 2. The van der Waals surface area contributed by atoms with Crippen LogP contribution in [0, 0.1) is 19.8 Å². The third-order valence-corrected chi connectivity index (χ3v) is 5.71. The van der Waals surface area contributed by atoms with Crippen LogP contribution in [-0.4, -0.2) is 64.1 Å². The fraction of sp³-hybridized carbons (Fsp3) is 0.520. The summed E-state index contributed by atoms with van der Waals surface area (Å²) in [6.45, 7) is 10.8. The zero-order valence-electron chi connectivity index (χ0n) is 20.7. The van der Waals surface area contributed by atoms with Gasteiger partial charge in [0.05, 0.1) is 11.5 Å². The van der Waals surface area contributed by atoms with E-state index in [0.29, 0.717) is 25.2 Å². The second-order valence-corrected chi connectivity index (χ2v) is 9.62. The summed E-state index contributed by atoms with van der Waals surface area (Å²) >= 11 is 0. The number of alkyl carbamates (subject to hydrolysis) is 1. The molecule has 1 aliphatic rings. The molecule has 9 nitrogen and oxygen atoms in total. The molecule has 2 aromatic heterocycles. The first-order valence-corrected chi connectivity index (χ1v) is 11.7. The molecular formula is C25H35N5O4. The molecule has 3 amide bonds. The third kappa shape index (κ3) is 6.36. The zero-order valence-corrected chi connectivity index (χ0v) is 20.7. The van der Waals surface area contributed by atoms with Crippen molar-refractivity contribution in [1.82, 2.24) is 25.1 Å². The molecule has 184 valence electrons. The number of piperidine rings is 1. The van der Waals surface area contributed by atoms with Crippen molar-refractivity contribution in [3.8, 4) is 5.82 Å². The Balaban J connectivity index is 1.56. The lowest BCUT2D eigenvalue weighted by atomic mass is 9.96. The van der Waals surface area contributed by atoms with E-state index < -0.39 is 11.7 Å². The highest BCUT2D eigenvalue weighted by molar-refractivity contribution is 5.96. The number of hydrogen-bond acceptors (Lipinski definition) is 5. The third-order valence-electron chi connectivity index (χ3n) is 5.71. The molecule has 2 N–H and O–H groups in total. The van der Waals surface area contributed by atoms with Crippen LogP contribution in [-0.2, 0) is 9.53 Å². The summed E-state index contributed by atoms with van der Waals surface area (Å²) in [4.78, 5) is 43.9. The number of nitrogens with zero attached hydrogens (tertiary/aromatic N) is 3. The van der Waals surface area contributed by atoms with Gasteiger partial charge < -0.3 is 24.8 Å². The Hall–Kier alpha value is -3.36. The Morgan fingerprint density at radius 3 is 2.56 bits per heavy atom. The van der Waals surface area contributed by atoms with Crippen LogP contribution in [0.5, 0.6) is 0 Å². The minimum absolute atomic E-state index is 0.0700. The van der Waals surface area contributed by atoms with Crippen molar-refractivity contribution in [2.24, 2.45) is 5.92 Å². The molecule has 0 radical (unpaired) electrons. The second kappa shape index (κ2) is 10.7. The summed E-state index contributed by atoms with van der Waals surface area (Å²) in [5.74, 6) is 0.313. The largest absolute Gasteiger partial charge is 0.444 e. The van der Waals surface area contributed by atoms with Gasteiger partial charge in [0.15, 0.2) is 0 Å². The van der Waals surface area contributed by atoms with Crippen molar-refractivity contribution in [3.63, 3.8) is 0 Å². The highest BCUT2D eigenvalue weighted by Gasteiger charge is 2.30. The summed E-state index contributed by atoms with van der Waals surface area (Å²) < 4.78 is 7.15. The van der Waals surface area contributed by atoms with E-state index in [0.717, 1.165) is 30.0 Å². The van der Waals surface area contributed by atoms with Crippen LogP contribution >= 0.6 is 0 Å². The Labute approximate surface area is 200 Å². The van der Waals surface area contributed by atoms with Crippen LogP contribution in [0.15, 0.2) is 30.5 Å². The maximum Gasteiger partial charge on any atom is 0.407 e. The van der Waals surface area contributed by atoms with Crippen molar-refractivity contribution >= 4 is 17.9 Å². The summed E-state index contributed by atoms with van der Waals surface area (Å²) in [5, 5.41) is 5.48. The van der Waals surface area contributed by atoms with Crippen molar-refractivity contribution < 1.29 is 19.1 Å². The van der Waals surface area contributed by atoms with E-state index in [1.54, 1.807) is 31.9 Å². The molecule has 1 fully saturated rings. The van der Waals surface area contributed by atoms with Crippen LogP contribution < -0.4 is 10.6 Å². The highest BCUT2D eigenvalue weighted by Crippen LogP contribution is 2.24. The van der Waals surface area contributed by atoms with Crippen molar-refractivity contribution in [2.45, 2.75) is 53.1 Å². The molecule has 0 aromatic carbocycles. The molecule has 1 aliphatic heterocycles. The lowest BCUT2D eigenvalue weighted by Crippen LogP contribution is -2.46. The number of ether oxygens (including phenoxy) is 1. The predicted molar refractivity (Wildman–Crippen MR) is 129 cm³/mol. The fourth-order valence-corrected chi connectivity index (χ4v) is 4.17. The molecule has 2 aromatic rings. The highest BCUT2D eigenvalue weighted by atomic mass is 16.6. The van der Waals surface area contributed by atoms with E-state index in [-0.39, 0.29) is 24.3 Å². The minimum Gasteiger partial charge on any atom is -0.444 e. The molecule has 1 saturated heterocycles. The van der Waals surface area contributed by atoms with E-state index >= 15 is 0 Å². The van der Waals surface area contributed by atoms with Gasteiger partial charge >= 0.3 is 6.09 Å². The monoisotopic (exact) mass is 469 g/mol. The van der Waals surface area contributed by atoms with Gasteiger partial charge in [0.25, 0.3) is 5.91 Å². The van der Waals surface area contributed by atoms with E-state index in [2.05, 4.69) is 15.6 Å². The van der Waals surface area contributed by atoms with Gasteiger partial charge in [-0.25, -0.2) is 9.78 Å². The quantitative estimate of drug-likeness (QED) is 0.633. The Morgan fingerprint density at radius 1 is 1.15 bits per heavy atom. The maximum absolute atomic E-state index is 13.3. The summed E-state index contributed by atoms with van der Waals surface area (Å²) in [7, 11) is 0. The van der Waals surface area contributed by atoms with Gasteiger partial charge in [-0.3, -0.25) is 9.59 Å². The second-order valence-electron chi connectivity index (χ2n) is 9.62. The van der Waals surface area contributed by atoms with Crippen LogP contribution in [0.3, 0.4) is 0 Å². The van der Waals surface area contributed by atoms with Crippen LogP contribution in [0.25, 0.3) is 5.82 Å². The molecule has 1 atom stereocenters. The molecule has 0 saturated carbocycles. The van der Waals surface area contributed by atoms with Gasteiger partial charge in [0, 0.05) is 43.8 Å². The number of carbonyl (C=O) groups excluding carboxylic acids is 3. The van der Waals surface area contributed by atoms with E-state index in [9.17, 15) is 14.4 Å². The number of aryl methyl sites for hydroxylation is 1.